The number of hydrogen-bond acceptors (Lipinski definition) is 4. The van der Waals surface area contributed by atoms with Gasteiger partial charge in [-0.15, -0.1) is 0 Å². The molecule has 39 heavy (non-hydrogen) atoms. The third-order valence-electron chi connectivity index (χ3n) is 7.64. The first-order valence-electron chi connectivity index (χ1n) is 14.2. The Hall–Kier alpha value is -3.99. The minimum absolute atomic E-state index is 0.0731. The fourth-order valence-corrected chi connectivity index (χ4v) is 5.44. The second kappa shape index (κ2) is 13.2. The Labute approximate surface area is 230 Å². The van der Waals surface area contributed by atoms with Gasteiger partial charge in [0, 0.05) is 17.5 Å². The number of hydrogen-bond donors (Lipinski definition) is 1. The predicted molar refractivity (Wildman–Crippen MR) is 154 cm³/mol. The van der Waals surface area contributed by atoms with Crippen LogP contribution in [0, 0.1) is 5.92 Å². The molecule has 0 saturated heterocycles. The summed E-state index contributed by atoms with van der Waals surface area (Å²) in [4.78, 5) is 32.0. The van der Waals surface area contributed by atoms with Crippen molar-refractivity contribution in [1.29, 1.82) is 0 Å². The molecule has 1 aromatic heterocycles. The molecule has 5 nitrogen and oxygen atoms in total. The minimum Gasteiger partial charge on any atom is -0.432 e. The summed E-state index contributed by atoms with van der Waals surface area (Å²) in [5, 5.41) is 3.08. The Morgan fingerprint density at radius 1 is 0.821 bits per heavy atom. The number of benzene rings is 3. The second-order valence-electron chi connectivity index (χ2n) is 10.5. The number of amides is 1. The van der Waals surface area contributed by atoms with Crippen LogP contribution in [0.3, 0.4) is 0 Å². The summed E-state index contributed by atoms with van der Waals surface area (Å²) in [6.45, 7) is 0. The average Bonchev–Trinajstić information content (AvgIpc) is 3.45. The average molecular weight is 521 g/mol. The van der Waals surface area contributed by atoms with E-state index in [-0.39, 0.29) is 17.5 Å². The zero-order valence-corrected chi connectivity index (χ0v) is 22.4. The van der Waals surface area contributed by atoms with Crippen molar-refractivity contribution in [2.45, 2.75) is 63.8 Å². The molecular formula is C34H36N2O3. The van der Waals surface area contributed by atoms with Crippen molar-refractivity contribution in [3.05, 3.63) is 102 Å². The van der Waals surface area contributed by atoms with Gasteiger partial charge in [0.05, 0.1) is 6.04 Å². The van der Waals surface area contributed by atoms with E-state index in [0.29, 0.717) is 36.8 Å². The SMILES string of the molecule is O=C(CCC1CCCCC1)N[C@@H](CCc1ccccc1)C(=O)c1oc(-c2ccccc2)nc1-c1ccccc1. The molecule has 1 N–H and O–H groups in total. The minimum atomic E-state index is -0.705. The number of aromatic nitrogens is 1. The Balaban J connectivity index is 1.41. The van der Waals surface area contributed by atoms with E-state index in [1.165, 1.54) is 32.1 Å². The van der Waals surface area contributed by atoms with E-state index < -0.39 is 6.04 Å². The number of aryl methyl sites for hydroxylation is 1. The van der Waals surface area contributed by atoms with Gasteiger partial charge in [0.25, 0.3) is 0 Å². The van der Waals surface area contributed by atoms with E-state index in [9.17, 15) is 9.59 Å². The van der Waals surface area contributed by atoms with E-state index >= 15 is 0 Å². The van der Waals surface area contributed by atoms with Crippen molar-refractivity contribution in [1.82, 2.24) is 10.3 Å². The van der Waals surface area contributed by atoms with Crippen molar-refractivity contribution in [2.75, 3.05) is 0 Å². The van der Waals surface area contributed by atoms with Gasteiger partial charge in [-0.3, -0.25) is 9.59 Å². The molecule has 0 aliphatic heterocycles. The smallest absolute Gasteiger partial charge is 0.227 e. The maximum atomic E-state index is 14.1. The standard InChI is InChI=1S/C34H36N2O3/c37-30(24-22-26-15-7-2-8-16-26)35-29(23-21-25-13-5-1-6-14-25)32(38)33-31(27-17-9-3-10-18-27)36-34(39-33)28-19-11-4-12-20-28/h1,3-6,9-14,17-20,26,29H,2,7-8,15-16,21-24H2,(H,35,37)/t29-/m0/s1. The van der Waals surface area contributed by atoms with E-state index in [0.717, 1.165) is 23.1 Å². The van der Waals surface area contributed by atoms with Crippen LogP contribution < -0.4 is 5.32 Å². The number of carbonyl (C=O) groups is 2. The zero-order valence-electron chi connectivity index (χ0n) is 22.4. The molecule has 3 aromatic carbocycles. The lowest BCUT2D eigenvalue weighted by atomic mass is 9.86. The van der Waals surface area contributed by atoms with Crippen LogP contribution in [0.1, 0.15) is 67.5 Å². The summed E-state index contributed by atoms with van der Waals surface area (Å²) in [6, 6.07) is 28.5. The van der Waals surface area contributed by atoms with Crippen molar-refractivity contribution in [3.8, 4) is 22.7 Å². The van der Waals surface area contributed by atoms with Crippen molar-refractivity contribution in [3.63, 3.8) is 0 Å². The molecule has 0 unspecified atom stereocenters. The molecule has 4 aromatic rings. The molecule has 1 atom stereocenters. The van der Waals surface area contributed by atoms with Gasteiger partial charge in [0.1, 0.15) is 5.69 Å². The third-order valence-corrected chi connectivity index (χ3v) is 7.64. The normalized spacial score (nSPS) is 14.6. The molecule has 1 heterocycles. The summed E-state index contributed by atoms with van der Waals surface area (Å²) in [5.74, 6) is 0.866. The van der Waals surface area contributed by atoms with Crippen molar-refractivity contribution in [2.24, 2.45) is 5.92 Å². The summed E-state index contributed by atoms with van der Waals surface area (Å²) >= 11 is 0. The topological polar surface area (TPSA) is 72.2 Å². The lowest BCUT2D eigenvalue weighted by Gasteiger charge is -2.22. The van der Waals surface area contributed by atoms with Gasteiger partial charge in [-0.1, -0.05) is 111 Å². The van der Waals surface area contributed by atoms with Gasteiger partial charge in [0.15, 0.2) is 0 Å². The van der Waals surface area contributed by atoms with Gasteiger partial charge in [-0.2, -0.15) is 0 Å². The zero-order chi connectivity index (χ0) is 26.9. The Bertz CT molecular complexity index is 1340. The van der Waals surface area contributed by atoms with Crippen LogP contribution in [0.2, 0.25) is 0 Å². The van der Waals surface area contributed by atoms with Crippen LogP contribution in [0.4, 0.5) is 0 Å². The van der Waals surface area contributed by atoms with E-state index in [1.54, 1.807) is 0 Å². The molecule has 1 amide bonds. The highest BCUT2D eigenvalue weighted by Crippen LogP contribution is 2.31. The van der Waals surface area contributed by atoms with Crippen LogP contribution >= 0.6 is 0 Å². The van der Waals surface area contributed by atoms with Gasteiger partial charge in [-0.05, 0) is 42.9 Å². The molecule has 200 valence electrons. The first-order valence-corrected chi connectivity index (χ1v) is 14.2. The van der Waals surface area contributed by atoms with Crippen LogP contribution in [-0.2, 0) is 11.2 Å². The number of nitrogens with one attached hydrogen (secondary N) is 1. The molecule has 0 radical (unpaired) electrons. The van der Waals surface area contributed by atoms with Gasteiger partial charge >= 0.3 is 0 Å². The molecular weight excluding hydrogens is 484 g/mol. The van der Waals surface area contributed by atoms with Crippen molar-refractivity contribution >= 4 is 11.7 Å². The molecule has 1 aliphatic rings. The molecule has 0 bridgehead atoms. The maximum absolute atomic E-state index is 14.1. The molecule has 5 heteroatoms. The number of nitrogens with zero attached hydrogens (tertiary/aromatic N) is 1. The fraction of sp³-hybridized carbons (Fsp3) is 0.324. The largest absolute Gasteiger partial charge is 0.432 e. The van der Waals surface area contributed by atoms with E-state index in [2.05, 4.69) is 5.32 Å². The Morgan fingerprint density at radius 2 is 1.44 bits per heavy atom. The van der Waals surface area contributed by atoms with E-state index in [4.69, 9.17) is 9.40 Å². The number of carbonyl (C=O) groups excluding carboxylic acids is 2. The summed E-state index contributed by atoms with van der Waals surface area (Å²) in [5.41, 5.74) is 3.22. The van der Waals surface area contributed by atoms with Crippen LogP contribution in [-0.4, -0.2) is 22.7 Å². The second-order valence-corrected chi connectivity index (χ2v) is 10.5. The molecule has 0 spiro atoms. The third kappa shape index (κ3) is 7.11. The highest BCUT2D eigenvalue weighted by molar-refractivity contribution is 6.04. The first-order chi connectivity index (χ1) is 19.2. The monoisotopic (exact) mass is 520 g/mol. The first kappa shape index (κ1) is 26.6. The number of rotatable bonds is 11. The summed E-state index contributed by atoms with van der Waals surface area (Å²) in [6.07, 6.45) is 8.66. The number of oxazole rings is 1. The molecule has 1 saturated carbocycles. The van der Waals surface area contributed by atoms with Crippen LogP contribution in [0.5, 0.6) is 0 Å². The molecule has 1 aliphatic carbocycles. The highest BCUT2D eigenvalue weighted by atomic mass is 16.4. The fourth-order valence-electron chi connectivity index (χ4n) is 5.44. The summed E-state index contributed by atoms with van der Waals surface area (Å²) in [7, 11) is 0. The lowest BCUT2D eigenvalue weighted by Crippen LogP contribution is -2.41. The van der Waals surface area contributed by atoms with Gasteiger partial charge in [0.2, 0.25) is 23.3 Å². The Kier molecular flexibility index (Phi) is 9.00. The Morgan fingerprint density at radius 3 is 2.10 bits per heavy atom. The van der Waals surface area contributed by atoms with Gasteiger partial charge < -0.3 is 9.73 Å². The predicted octanol–water partition coefficient (Wildman–Crippen LogP) is 7.67. The molecule has 5 rings (SSSR count). The quantitative estimate of drug-likeness (QED) is 0.206. The maximum Gasteiger partial charge on any atom is 0.227 e. The highest BCUT2D eigenvalue weighted by Gasteiger charge is 2.30. The van der Waals surface area contributed by atoms with Crippen LogP contribution in [0.25, 0.3) is 22.7 Å². The van der Waals surface area contributed by atoms with E-state index in [1.807, 2.05) is 91.0 Å². The van der Waals surface area contributed by atoms with Crippen molar-refractivity contribution < 1.29 is 14.0 Å². The summed E-state index contributed by atoms with van der Waals surface area (Å²) < 4.78 is 6.17. The molecule has 1 fully saturated rings. The van der Waals surface area contributed by atoms with Crippen LogP contribution in [0.15, 0.2) is 95.4 Å². The lowest BCUT2D eigenvalue weighted by molar-refractivity contribution is -0.122. The van der Waals surface area contributed by atoms with Gasteiger partial charge in [-0.25, -0.2) is 4.98 Å². The number of Topliss-reactive ketones (excluding diaryl/α,β-unsaturated/α-hetero) is 1. The number of ketones is 1.